The molecular formula is C23H24N4S. The van der Waals surface area contributed by atoms with Gasteiger partial charge in [-0.3, -0.25) is 4.90 Å². The van der Waals surface area contributed by atoms with E-state index >= 15 is 0 Å². The van der Waals surface area contributed by atoms with Gasteiger partial charge < -0.3 is 0 Å². The molecule has 0 spiro atoms. The van der Waals surface area contributed by atoms with E-state index in [0.717, 1.165) is 43.9 Å². The zero-order chi connectivity index (χ0) is 18.9. The molecule has 0 amide bonds. The number of pyridine rings is 1. The second-order valence-electron chi connectivity index (χ2n) is 7.62. The summed E-state index contributed by atoms with van der Waals surface area (Å²) in [7, 11) is 0. The van der Waals surface area contributed by atoms with E-state index in [1.165, 1.54) is 20.9 Å². The first-order valence-electron chi connectivity index (χ1n) is 9.94. The average Bonchev–Trinajstić information content (AvgIpc) is 3.34. The SMILES string of the molecule is Cc1ccc(CN2CCC(c3nc4ccc(-c5ccccc5)cn4n3)CC2)s1. The van der Waals surface area contributed by atoms with Crippen molar-refractivity contribution < 1.29 is 0 Å². The lowest BCUT2D eigenvalue weighted by molar-refractivity contribution is 0.203. The van der Waals surface area contributed by atoms with Crippen LogP contribution in [-0.4, -0.2) is 32.6 Å². The molecule has 5 rings (SSSR count). The molecule has 5 heteroatoms. The van der Waals surface area contributed by atoms with Crippen molar-refractivity contribution in [3.63, 3.8) is 0 Å². The third-order valence-corrected chi connectivity index (χ3v) is 6.57. The van der Waals surface area contributed by atoms with Crippen LogP contribution in [0.15, 0.2) is 60.8 Å². The Kier molecular flexibility index (Phi) is 4.71. The lowest BCUT2D eigenvalue weighted by Crippen LogP contribution is -2.32. The van der Waals surface area contributed by atoms with Crippen molar-refractivity contribution in [1.82, 2.24) is 19.5 Å². The van der Waals surface area contributed by atoms with Gasteiger partial charge in [0.05, 0.1) is 0 Å². The molecule has 28 heavy (non-hydrogen) atoms. The van der Waals surface area contributed by atoms with Crippen LogP contribution in [0.25, 0.3) is 16.8 Å². The van der Waals surface area contributed by atoms with E-state index in [-0.39, 0.29) is 0 Å². The maximum atomic E-state index is 4.82. The van der Waals surface area contributed by atoms with Gasteiger partial charge in [-0.25, -0.2) is 9.50 Å². The number of nitrogens with zero attached hydrogens (tertiary/aromatic N) is 4. The van der Waals surface area contributed by atoms with E-state index in [1.54, 1.807) is 0 Å². The van der Waals surface area contributed by atoms with Crippen molar-refractivity contribution in [2.45, 2.75) is 32.2 Å². The number of benzene rings is 1. The molecular weight excluding hydrogens is 364 g/mol. The quantitative estimate of drug-likeness (QED) is 0.485. The van der Waals surface area contributed by atoms with Crippen LogP contribution in [0.1, 0.15) is 34.3 Å². The van der Waals surface area contributed by atoms with E-state index in [1.807, 2.05) is 21.9 Å². The molecule has 0 saturated carbocycles. The van der Waals surface area contributed by atoms with Crippen molar-refractivity contribution in [2.75, 3.05) is 13.1 Å². The predicted octanol–water partition coefficient (Wildman–Crippen LogP) is 5.15. The molecule has 0 N–H and O–H groups in total. The summed E-state index contributed by atoms with van der Waals surface area (Å²) in [6.45, 7) is 5.49. The number of rotatable bonds is 4. The molecule has 4 heterocycles. The Morgan fingerprint density at radius 1 is 0.964 bits per heavy atom. The highest BCUT2D eigenvalue weighted by atomic mass is 32.1. The number of aryl methyl sites for hydroxylation is 1. The number of fused-ring (bicyclic) bond motifs is 1. The van der Waals surface area contributed by atoms with Gasteiger partial charge in [0.15, 0.2) is 11.5 Å². The van der Waals surface area contributed by atoms with Crippen LogP contribution in [-0.2, 0) is 6.54 Å². The lowest BCUT2D eigenvalue weighted by atomic mass is 9.96. The Morgan fingerprint density at radius 3 is 2.54 bits per heavy atom. The molecule has 1 saturated heterocycles. The van der Waals surface area contributed by atoms with Crippen molar-refractivity contribution in [2.24, 2.45) is 0 Å². The van der Waals surface area contributed by atoms with Gasteiger partial charge in [0, 0.05) is 34.0 Å². The van der Waals surface area contributed by atoms with Crippen molar-refractivity contribution in [1.29, 1.82) is 0 Å². The van der Waals surface area contributed by atoms with Gasteiger partial charge in [-0.15, -0.1) is 11.3 Å². The van der Waals surface area contributed by atoms with Crippen LogP contribution in [0.4, 0.5) is 0 Å². The molecule has 4 nitrogen and oxygen atoms in total. The second-order valence-corrected chi connectivity index (χ2v) is 8.99. The van der Waals surface area contributed by atoms with Crippen LogP contribution in [0, 0.1) is 6.92 Å². The van der Waals surface area contributed by atoms with Crippen molar-refractivity contribution in [3.05, 3.63) is 76.4 Å². The maximum absolute atomic E-state index is 4.82. The first-order valence-corrected chi connectivity index (χ1v) is 10.8. The Balaban J connectivity index is 1.29. The van der Waals surface area contributed by atoms with Crippen LogP contribution >= 0.6 is 11.3 Å². The minimum absolute atomic E-state index is 0.460. The summed E-state index contributed by atoms with van der Waals surface area (Å²) in [5.41, 5.74) is 3.32. The topological polar surface area (TPSA) is 33.4 Å². The van der Waals surface area contributed by atoms with Crippen LogP contribution in [0.5, 0.6) is 0 Å². The zero-order valence-electron chi connectivity index (χ0n) is 16.1. The molecule has 3 aromatic heterocycles. The fourth-order valence-electron chi connectivity index (χ4n) is 4.01. The third kappa shape index (κ3) is 3.60. The van der Waals surface area contributed by atoms with E-state index in [0.29, 0.717) is 5.92 Å². The molecule has 0 aliphatic carbocycles. The summed E-state index contributed by atoms with van der Waals surface area (Å²) in [6.07, 6.45) is 4.36. The molecule has 1 aromatic carbocycles. The number of hydrogen-bond donors (Lipinski definition) is 0. The molecule has 1 fully saturated rings. The predicted molar refractivity (Wildman–Crippen MR) is 115 cm³/mol. The largest absolute Gasteiger partial charge is 0.298 e. The minimum atomic E-state index is 0.460. The minimum Gasteiger partial charge on any atom is -0.298 e. The van der Waals surface area contributed by atoms with E-state index in [2.05, 4.69) is 66.6 Å². The number of piperidine rings is 1. The lowest BCUT2D eigenvalue weighted by Gasteiger charge is -2.30. The smallest absolute Gasteiger partial charge is 0.155 e. The maximum Gasteiger partial charge on any atom is 0.155 e. The first-order chi connectivity index (χ1) is 13.7. The highest BCUT2D eigenvalue weighted by molar-refractivity contribution is 7.11. The fraction of sp³-hybridized carbons (Fsp3) is 0.304. The zero-order valence-corrected chi connectivity index (χ0v) is 16.9. The molecule has 0 radical (unpaired) electrons. The normalized spacial score (nSPS) is 16.0. The summed E-state index contributed by atoms with van der Waals surface area (Å²) < 4.78 is 1.94. The Morgan fingerprint density at radius 2 is 1.79 bits per heavy atom. The average molecular weight is 389 g/mol. The number of likely N-dealkylation sites (tertiary alicyclic amines) is 1. The first kappa shape index (κ1) is 17.6. The third-order valence-electron chi connectivity index (χ3n) is 5.58. The summed E-state index contributed by atoms with van der Waals surface area (Å²) in [5.74, 6) is 1.46. The summed E-state index contributed by atoms with van der Waals surface area (Å²) >= 11 is 1.91. The van der Waals surface area contributed by atoms with E-state index in [4.69, 9.17) is 10.1 Å². The van der Waals surface area contributed by atoms with Gasteiger partial charge in [0.2, 0.25) is 0 Å². The van der Waals surface area contributed by atoms with Gasteiger partial charge in [-0.1, -0.05) is 30.3 Å². The van der Waals surface area contributed by atoms with Crippen molar-refractivity contribution in [3.8, 4) is 11.1 Å². The van der Waals surface area contributed by atoms with Crippen LogP contribution in [0.2, 0.25) is 0 Å². The van der Waals surface area contributed by atoms with Crippen molar-refractivity contribution >= 4 is 17.0 Å². The molecule has 4 aromatic rings. The molecule has 142 valence electrons. The van der Waals surface area contributed by atoms with Gasteiger partial charge in [0.25, 0.3) is 0 Å². The Bertz CT molecular complexity index is 1070. The van der Waals surface area contributed by atoms with Crippen LogP contribution in [0.3, 0.4) is 0 Å². The fourth-order valence-corrected chi connectivity index (χ4v) is 4.95. The van der Waals surface area contributed by atoms with Gasteiger partial charge in [0.1, 0.15) is 0 Å². The molecule has 1 aliphatic heterocycles. The monoisotopic (exact) mass is 388 g/mol. The van der Waals surface area contributed by atoms with Gasteiger partial charge in [-0.05, 0) is 62.7 Å². The molecule has 0 unspecified atom stereocenters. The van der Waals surface area contributed by atoms with Gasteiger partial charge >= 0.3 is 0 Å². The highest BCUT2D eigenvalue weighted by Crippen LogP contribution is 2.28. The Labute approximate surface area is 169 Å². The highest BCUT2D eigenvalue weighted by Gasteiger charge is 2.24. The second kappa shape index (κ2) is 7.49. The molecule has 0 bridgehead atoms. The van der Waals surface area contributed by atoms with E-state index in [9.17, 15) is 0 Å². The molecule has 0 atom stereocenters. The van der Waals surface area contributed by atoms with E-state index < -0.39 is 0 Å². The summed E-state index contributed by atoms with van der Waals surface area (Å²) in [4.78, 5) is 10.2. The summed E-state index contributed by atoms with van der Waals surface area (Å²) in [6, 6.07) is 19.1. The van der Waals surface area contributed by atoms with Crippen LogP contribution < -0.4 is 0 Å². The Hall–Kier alpha value is -2.50. The number of thiophene rings is 1. The standard InChI is InChI=1S/C23H24N4S/c1-17-7-9-21(28-17)16-26-13-11-19(12-14-26)23-24-22-10-8-20(15-27(22)25-23)18-5-3-2-4-6-18/h2-10,15,19H,11-14,16H2,1H3. The number of aromatic nitrogens is 3. The number of hydrogen-bond acceptors (Lipinski definition) is 4. The molecule has 1 aliphatic rings. The summed E-state index contributed by atoms with van der Waals surface area (Å²) in [5, 5.41) is 4.82. The van der Waals surface area contributed by atoms with Gasteiger partial charge in [-0.2, -0.15) is 5.10 Å².